The van der Waals surface area contributed by atoms with Crippen LogP contribution in [-0.2, 0) is 6.54 Å². The van der Waals surface area contributed by atoms with Crippen molar-refractivity contribution < 1.29 is 10.2 Å². The van der Waals surface area contributed by atoms with Gasteiger partial charge in [-0.15, -0.1) is 0 Å². The molecule has 0 bridgehead atoms. The van der Waals surface area contributed by atoms with Crippen LogP contribution in [0.15, 0.2) is 30.6 Å². The lowest BCUT2D eigenvalue weighted by molar-refractivity contribution is 0.271. The summed E-state index contributed by atoms with van der Waals surface area (Å²) in [6.45, 7) is 6.63. The van der Waals surface area contributed by atoms with Gasteiger partial charge in [-0.2, -0.15) is 9.97 Å². The number of hydrogen-bond acceptors (Lipinski definition) is 7. The van der Waals surface area contributed by atoms with Crippen LogP contribution in [0.5, 0.6) is 5.75 Å². The number of aromatic nitrogens is 4. The van der Waals surface area contributed by atoms with Crippen LogP contribution < -0.4 is 10.6 Å². The van der Waals surface area contributed by atoms with Crippen molar-refractivity contribution in [3.63, 3.8) is 0 Å². The Labute approximate surface area is 158 Å². The molecule has 2 heterocycles. The van der Waals surface area contributed by atoms with E-state index >= 15 is 0 Å². The van der Waals surface area contributed by atoms with Crippen LogP contribution in [0.25, 0.3) is 11.2 Å². The Morgan fingerprint density at radius 2 is 2.04 bits per heavy atom. The molecular formula is C19H26N6O2. The first-order chi connectivity index (χ1) is 13.0. The summed E-state index contributed by atoms with van der Waals surface area (Å²) in [5.41, 5.74) is 2.35. The highest BCUT2D eigenvalue weighted by molar-refractivity contribution is 5.84. The average molecular weight is 370 g/mol. The molecule has 0 saturated heterocycles. The SMILES string of the molecule is CC[C@H](CO)Nc1nc(NCc2cccc(O)c2)c2ncn(C(C)C)c2n1. The first kappa shape index (κ1) is 18.9. The summed E-state index contributed by atoms with van der Waals surface area (Å²) < 4.78 is 1.99. The van der Waals surface area contributed by atoms with E-state index in [0.29, 0.717) is 23.8 Å². The van der Waals surface area contributed by atoms with Gasteiger partial charge in [0, 0.05) is 12.6 Å². The number of phenols is 1. The standard InChI is InChI=1S/C19H26N6O2/c1-4-14(10-26)22-19-23-17(20-9-13-6-5-7-15(27)8-13)16-18(24-19)25(11-21-16)12(2)3/h5-8,11-12,14,26-27H,4,9-10H2,1-3H3,(H2,20,22,23,24)/t14-/m1/s1. The fourth-order valence-electron chi connectivity index (χ4n) is 2.79. The van der Waals surface area contributed by atoms with E-state index in [1.165, 1.54) is 0 Å². The molecule has 0 spiro atoms. The molecule has 3 rings (SSSR count). The van der Waals surface area contributed by atoms with Gasteiger partial charge in [-0.1, -0.05) is 19.1 Å². The van der Waals surface area contributed by atoms with Crippen LogP contribution >= 0.6 is 0 Å². The number of nitrogens with one attached hydrogen (secondary N) is 2. The van der Waals surface area contributed by atoms with Crippen LogP contribution in [-0.4, -0.2) is 42.4 Å². The third-order valence-corrected chi connectivity index (χ3v) is 4.39. The lowest BCUT2D eigenvalue weighted by Gasteiger charge is -2.16. The highest BCUT2D eigenvalue weighted by Crippen LogP contribution is 2.24. The second-order valence-electron chi connectivity index (χ2n) is 6.77. The Morgan fingerprint density at radius 1 is 1.22 bits per heavy atom. The summed E-state index contributed by atoms with van der Waals surface area (Å²) >= 11 is 0. The van der Waals surface area contributed by atoms with Gasteiger partial charge in [0.15, 0.2) is 17.0 Å². The summed E-state index contributed by atoms with van der Waals surface area (Å²) in [5.74, 6) is 1.28. The highest BCUT2D eigenvalue weighted by Gasteiger charge is 2.16. The first-order valence-electron chi connectivity index (χ1n) is 9.15. The molecule has 4 N–H and O–H groups in total. The number of phenolic OH excluding ortho intramolecular Hbond substituents is 1. The van der Waals surface area contributed by atoms with Crippen LogP contribution in [0.2, 0.25) is 0 Å². The summed E-state index contributed by atoms with van der Waals surface area (Å²) in [7, 11) is 0. The smallest absolute Gasteiger partial charge is 0.227 e. The molecule has 0 amide bonds. The molecule has 0 unspecified atom stereocenters. The van der Waals surface area contributed by atoms with E-state index in [9.17, 15) is 10.2 Å². The largest absolute Gasteiger partial charge is 0.508 e. The topological polar surface area (TPSA) is 108 Å². The molecule has 3 aromatic rings. The van der Waals surface area contributed by atoms with Crippen molar-refractivity contribution in [1.29, 1.82) is 0 Å². The van der Waals surface area contributed by atoms with Crippen LogP contribution in [0.4, 0.5) is 11.8 Å². The highest BCUT2D eigenvalue weighted by atomic mass is 16.3. The van der Waals surface area contributed by atoms with Crippen molar-refractivity contribution >= 4 is 22.9 Å². The van der Waals surface area contributed by atoms with Gasteiger partial charge >= 0.3 is 0 Å². The number of rotatable bonds is 8. The van der Waals surface area contributed by atoms with Crippen LogP contribution in [0.3, 0.4) is 0 Å². The first-order valence-corrected chi connectivity index (χ1v) is 9.15. The molecule has 0 saturated carbocycles. The third-order valence-electron chi connectivity index (χ3n) is 4.39. The molecular weight excluding hydrogens is 344 g/mol. The van der Waals surface area contributed by atoms with Crippen molar-refractivity contribution in [3.05, 3.63) is 36.2 Å². The maximum absolute atomic E-state index is 9.64. The quantitative estimate of drug-likeness (QED) is 0.483. The molecule has 27 heavy (non-hydrogen) atoms. The van der Waals surface area contributed by atoms with Crippen molar-refractivity contribution in [3.8, 4) is 5.75 Å². The van der Waals surface area contributed by atoms with Crippen LogP contribution in [0.1, 0.15) is 38.8 Å². The molecule has 0 aliphatic carbocycles. The molecule has 0 radical (unpaired) electrons. The van der Waals surface area contributed by atoms with Crippen molar-refractivity contribution in [2.75, 3.05) is 17.2 Å². The van der Waals surface area contributed by atoms with E-state index in [1.54, 1.807) is 24.5 Å². The number of benzene rings is 1. The molecule has 0 aliphatic rings. The number of fused-ring (bicyclic) bond motifs is 1. The predicted molar refractivity (Wildman–Crippen MR) is 106 cm³/mol. The monoisotopic (exact) mass is 370 g/mol. The minimum Gasteiger partial charge on any atom is -0.508 e. The number of nitrogens with zero attached hydrogens (tertiary/aromatic N) is 4. The van der Waals surface area contributed by atoms with Crippen LogP contribution in [0, 0.1) is 0 Å². The lowest BCUT2D eigenvalue weighted by Crippen LogP contribution is -2.24. The predicted octanol–water partition coefficient (Wildman–Crippen LogP) is 2.91. The summed E-state index contributed by atoms with van der Waals surface area (Å²) in [4.78, 5) is 13.7. The fraction of sp³-hybridized carbons (Fsp3) is 0.421. The minimum atomic E-state index is -0.114. The minimum absolute atomic E-state index is 0.00734. The van der Waals surface area contributed by atoms with Gasteiger partial charge < -0.3 is 25.4 Å². The number of aliphatic hydroxyl groups excluding tert-OH is 1. The number of hydrogen-bond donors (Lipinski definition) is 4. The van der Waals surface area contributed by atoms with Gasteiger partial charge in [0.05, 0.1) is 19.0 Å². The third kappa shape index (κ3) is 4.28. The van der Waals surface area contributed by atoms with Gasteiger partial charge in [-0.3, -0.25) is 0 Å². The molecule has 1 aromatic carbocycles. The summed E-state index contributed by atoms with van der Waals surface area (Å²) in [6.07, 6.45) is 2.52. The second kappa shape index (κ2) is 8.22. The summed E-state index contributed by atoms with van der Waals surface area (Å²) in [5, 5.41) is 25.6. The fourth-order valence-corrected chi connectivity index (χ4v) is 2.79. The molecule has 0 fully saturated rings. The van der Waals surface area contributed by atoms with Gasteiger partial charge in [-0.25, -0.2) is 4.98 Å². The van der Waals surface area contributed by atoms with Gasteiger partial charge in [0.25, 0.3) is 0 Å². The Balaban J connectivity index is 1.96. The van der Waals surface area contributed by atoms with E-state index in [4.69, 9.17) is 0 Å². The Kier molecular flexibility index (Phi) is 5.75. The van der Waals surface area contributed by atoms with E-state index in [0.717, 1.165) is 17.6 Å². The van der Waals surface area contributed by atoms with E-state index in [-0.39, 0.29) is 24.4 Å². The Morgan fingerprint density at radius 3 is 2.70 bits per heavy atom. The zero-order valence-electron chi connectivity index (χ0n) is 15.8. The normalized spacial score (nSPS) is 12.5. The Bertz CT molecular complexity index is 904. The molecule has 1 atom stereocenters. The second-order valence-corrected chi connectivity index (χ2v) is 6.77. The number of imidazole rings is 1. The molecule has 144 valence electrons. The number of aromatic hydroxyl groups is 1. The van der Waals surface area contributed by atoms with Gasteiger partial charge in [0.2, 0.25) is 5.95 Å². The number of anilines is 2. The Hall–Kier alpha value is -2.87. The van der Waals surface area contributed by atoms with Gasteiger partial charge in [-0.05, 0) is 38.0 Å². The average Bonchev–Trinajstić information content (AvgIpc) is 3.08. The molecule has 2 aromatic heterocycles. The van der Waals surface area contributed by atoms with E-state index < -0.39 is 0 Å². The summed E-state index contributed by atoms with van der Waals surface area (Å²) in [6, 6.07) is 7.16. The molecule has 8 heteroatoms. The zero-order chi connectivity index (χ0) is 19.4. The van der Waals surface area contributed by atoms with E-state index in [2.05, 4.69) is 39.4 Å². The van der Waals surface area contributed by atoms with E-state index in [1.807, 2.05) is 17.6 Å². The van der Waals surface area contributed by atoms with Gasteiger partial charge in [0.1, 0.15) is 5.75 Å². The molecule has 0 aliphatic heterocycles. The zero-order valence-corrected chi connectivity index (χ0v) is 15.8. The molecule has 8 nitrogen and oxygen atoms in total. The van der Waals surface area contributed by atoms with Crippen molar-refractivity contribution in [2.24, 2.45) is 0 Å². The van der Waals surface area contributed by atoms with Crippen molar-refractivity contribution in [1.82, 2.24) is 19.5 Å². The maximum Gasteiger partial charge on any atom is 0.227 e. The number of aliphatic hydroxyl groups is 1. The maximum atomic E-state index is 9.64. The van der Waals surface area contributed by atoms with Crippen molar-refractivity contribution in [2.45, 2.75) is 45.8 Å². The lowest BCUT2D eigenvalue weighted by atomic mass is 10.2.